The molecule has 0 spiro atoms. The van der Waals surface area contributed by atoms with Crippen LogP contribution in [0.3, 0.4) is 0 Å². The summed E-state index contributed by atoms with van der Waals surface area (Å²) in [5.74, 6) is -0.306. The molecule has 0 aromatic heterocycles. The molecule has 120 valence electrons. The predicted molar refractivity (Wildman–Crippen MR) is 86.2 cm³/mol. The van der Waals surface area contributed by atoms with Crippen LogP contribution in [-0.2, 0) is 14.3 Å². The molecule has 1 aromatic carbocycles. The number of ether oxygens (including phenoxy) is 1. The highest BCUT2D eigenvalue weighted by atomic mass is 35.5. The molecule has 1 aromatic rings. The SMILES string of the molecule is CCOC(=O)CN1CCN(c2ccc(Cl)cc2C)C(=O)[C@@H]1C. The maximum Gasteiger partial charge on any atom is 0.320 e. The number of hydrogen-bond donors (Lipinski definition) is 0. The summed E-state index contributed by atoms with van der Waals surface area (Å²) in [4.78, 5) is 27.8. The van der Waals surface area contributed by atoms with E-state index < -0.39 is 0 Å². The Hall–Kier alpha value is -1.59. The number of carbonyl (C=O) groups is 2. The second-order valence-electron chi connectivity index (χ2n) is 5.37. The maximum absolute atomic E-state index is 12.6. The number of amides is 1. The molecule has 0 bridgehead atoms. The number of nitrogens with zero attached hydrogens (tertiary/aromatic N) is 2. The number of anilines is 1. The van der Waals surface area contributed by atoms with Gasteiger partial charge in [0.2, 0.25) is 5.91 Å². The Morgan fingerprint density at radius 2 is 2.14 bits per heavy atom. The van der Waals surface area contributed by atoms with Crippen molar-refractivity contribution in [1.82, 2.24) is 4.90 Å². The molecule has 1 amide bonds. The van der Waals surface area contributed by atoms with E-state index in [1.807, 2.05) is 30.9 Å². The van der Waals surface area contributed by atoms with E-state index in [0.29, 0.717) is 24.7 Å². The Morgan fingerprint density at radius 1 is 1.41 bits per heavy atom. The molecular formula is C16H21ClN2O3. The Bertz CT molecular complexity index is 577. The predicted octanol–water partition coefficient (Wildman–Crippen LogP) is 2.25. The van der Waals surface area contributed by atoms with Gasteiger partial charge in [-0.1, -0.05) is 11.6 Å². The Morgan fingerprint density at radius 3 is 2.77 bits per heavy atom. The van der Waals surface area contributed by atoms with Gasteiger partial charge in [-0.15, -0.1) is 0 Å². The van der Waals surface area contributed by atoms with E-state index in [4.69, 9.17) is 16.3 Å². The molecular weight excluding hydrogens is 304 g/mol. The molecule has 1 heterocycles. The van der Waals surface area contributed by atoms with Crippen LogP contribution in [0.15, 0.2) is 18.2 Å². The number of halogens is 1. The minimum atomic E-state index is -0.353. The number of benzene rings is 1. The molecule has 0 aliphatic carbocycles. The van der Waals surface area contributed by atoms with Crippen molar-refractivity contribution >= 4 is 29.2 Å². The number of rotatable bonds is 4. The van der Waals surface area contributed by atoms with Crippen LogP contribution in [0, 0.1) is 6.92 Å². The van der Waals surface area contributed by atoms with Crippen LogP contribution in [0.2, 0.25) is 5.02 Å². The molecule has 0 radical (unpaired) electrons. The molecule has 0 N–H and O–H groups in total. The minimum absolute atomic E-state index is 0.0130. The van der Waals surface area contributed by atoms with Gasteiger partial charge in [0.05, 0.1) is 19.2 Å². The topological polar surface area (TPSA) is 49.9 Å². The molecule has 1 saturated heterocycles. The van der Waals surface area contributed by atoms with Gasteiger partial charge in [0, 0.05) is 23.8 Å². The number of esters is 1. The average molecular weight is 325 g/mol. The maximum atomic E-state index is 12.6. The standard InChI is InChI=1S/C16H21ClN2O3/c1-4-22-15(20)10-18-7-8-19(16(21)12(18)3)14-6-5-13(17)9-11(14)2/h5-6,9,12H,4,7-8,10H2,1-3H3/t12-/m0/s1. The zero-order chi connectivity index (χ0) is 16.3. The Balaban J connectivity index is 2.10. The van der Waals surface area contributed by atoms with E-state index >= 15 is 0 Å². The van der Waals surface area contributed by atoms with Crippen molar-refractivity contribution in [3.63, 3.8) is 0 Å². The van der Waals surface area contributed by atoms with Crippen LogP contribution in [-0.4, -0.2) is 49.1 Å². The van der Waals surface area contributed by atoms with Crippen LogP contribution in [0.25, 0.3) is 0 Å². The van der Waals surface area contributed by atoms with Gasteiger partial charge in [-0.3, -0.25) is 14.5 Å². The van der Waals surface area contributed by atoms with E-state index in [0.717, 1.165) is 11.3 Å². The van der Waals surface area contributed by atoms with Crippen LogP contribution in [0.5, 0.6) is 0 Å². The lowest BCUT2D eigenvalue weighted by Gasteiger charge is -2.39. The second kappa shape index (κ2) is 7.11. The quantitative estimate of drug-likeness (QED) is 0.797. The van der Waals surface area contributed by atoms with Crippen LogP contribution >= 0.6 is 11.6 Å². The molecule has 6 heteroatoms. The zero-order valence-electron chi connectivity index (χ0n) is 13.1. The van der Waals surface area contributed by atoms with E-state index in [-0.39, 0.29) is 24.5 Å². The van der Waals surface area contributed by atoms with E-state index in [2.05, 4.69) is 0 Å². The molecule has 1 atom stereocenters. The Labute approximate surface area is 135 Å². The number of carbonyl (C=O) groups excluding carboxylic acids is 2. The molecule has 5 nitrogen and oxygen atoms in total. The van der Waals surface area contributed by atoms with Crippen LogP contribution in [0.4, 0.5) is 5.69 Å². The lowest BCUT2D eigenvalue weighted by atomic mass is 10.1. The Kier molecular flexibility index (Phi) is 5.42. The first-order valence-corrected chi connectivity index (χ1v) is 7.79. The molecule has 0 saturated carbocycles. The molecule has 22 heavy (non-hydrogen) atoms. The van der Waals surface area contributed by atoms with E-state index in [1.165, 1.54) is 0 Å². The normalized spacial score (nSPS) is 19.4. The average Bonchev–Trinajstić information content (AvgIpc) is 2.45. The summed E-state index contributed by atoms with van der Waals surface area (Å²) in [6.07, 6.45) is 0. The molecule has 1 fully saturated rings. The molecule has 1 aliphatic heterocycles. The third kappa shape index (κ3) is 3.59. The third-order valence-electron chi connectivity index (χ3n) is 3.87. The van der Waals surface area contributed by atoms with Gasteiger partial charge in [0.25, 0.3) is 0 Å². The van der Waals surface area contributed by atoms with Gasteiger partial charge in [-0.05, 0) is 44.5 Å². The summed E-state index contributed by atoms with van der Waals surface area (Å²) >= 11 is 5.97. The first-order valence-electron chi connectivity index (χ1n) is 7.41. The van der Waals surface area contributed by atoms with Crippen molar-refractivity contribution < 1.29 is 14.3 Å². The highest BCUT2D eigenvalue weighted by Crippen LogP contribution is 2.26. The lowest BCUT2D eigenvalue weighted by molar-refractivity contribution is -0.145. The van der Waals surface area contributed by atoms with Gasteiger partial charge < -0.3 is 9.64 Å². The lowest BCUT2D eigenvalue weighted by Crippen LogP contribution is -2.57. The number of hydrogen-bond acceptors (Lipinski definition) is 4. The van der Waals surface area contributed by atoms with Gasteiger partial charge in [-0.2, -0.15) is 0 Å². The summed E-state index contributed by atoms with van der Waals surface area (Å²) in [6, 6.07) is 5.14. The number of aryl methyl sites for hydroxylation is 1. The van der Waals surface area contributed by atoms with Crippen LogP contribution in [0.1, 0.15) is 19.4 Å². The van der Waals surface area contributed by atoms with Gasteiger partial charge >= 0.3 is 5.97 Å². The van der Waals surface area contributed by atoms with Gasteiger partial charge in [-0.25, -0.2) is 0 Å². The summed E-state index contributed by atoms with van der Waals surface area (Å²) in [6.45, 7) is 7.20. The van der Waals surface area contributed by atoms with Gasteiger partial charge in [0.1, 0.15) is 0 Å². The summed E-state index contributed by atoms with van der Waals surface area (Å²) < 4.78 is 4.95. The molecule has 1 aliphatic rings. The summed E-state index contributed by atoms with van der Waals surface area (Å²) in [5.41, 5.74) is 1.84. The largest absolute Gasteiger partial charge is 0.465 e. The first kappa shape index (κ1) is 16.8. The summed E-state index contributed by atoms with van der Waals surface area (Å²) in [5, 5.41) is 0.655. The monoisotopic (exact) mass is 324 g/mol. The third-order valence-corrected chi connectivity index (χ3v) is 4.10. The van der Waals surface area contributed by atoms with Crippen LogP contribution < -0.4 is 4.90 Å². The van der Waals surface area contributed by atoms with Gasteiger partial charge in [0.15, 0.2) is 0 Å². The highest BCUT2D eigenvalue weighted by Gasteiger charge is 2.33. The fraction of sp³-hybridized carbons (Fsp3) is 0.500. The van der Waals surface area contributed by atoms with Crippen molar-refractivity contribution in [3.05, 3.63) is 28.8 Å². The second-order valence-corrected chi connectivity index (χ2v) is 5.81. The molecule has 0 unspecified atom stereocenters. The number of piperazine rings is 1. The van der Waals surface area contributed by atoms with Crippen molar-refractivity contribution in [1.29, 1.82) is 0 Å². The summed E-state index contributed by atoms with van der Waals surface area (Å²) in [7, 11) is 0. The van der Waals surface area contributed by atoms with Crippen molar-refractivity contribution in [3.8, 4) is 0 Å². The fourth-order valence-corrected chi connectivity index (χ4v) is 2.89. The van der Waals surface area contributed by atoms with Crippen molar-refractivity contribution in [2.45, 2.75) is 26.8 Å². The van der Waals surface area contributed by atoms with E-state index in [9.17, 15) is 9.59 Å². The van der Waals surface area contributed by atoms with E-state index in [1.54, 1.807) is 17.9 Å². The van der Waals surface area contributed by atoms with Crippen molar-refractivity contribution in [2.24, 2.45) is 0 Å². The van der Waals surface area contributed by atoms with Crippen molar-refractivity contribution in [2.75, 3.05) is 31.1 Å². The zero-order valence-corrected chi connectivity index (χ0v) is 13.9. The minimum Gasteiger partial charge on any atom is -0.465 e. The fourth-order valence-electron chi connectivity index (χ4n) is 2.66. The highest BCUT2D eigenvalue weighted by molar-refractivity contribution is 6.30. The molecule has 2 rings (SSSR count). The smallest absolute Gasteiger partial charge is 0.320 e. The first-order chi connectivity index (χ1) is 10.4.